The molecule has 0 bridgehead atoms. The van der Waals surface area contributed by atoms with Crippen LogP contribution in [0.25, 0.3) is 0 Å². The third-order valence-corrected chi connectivity index (χ3v) is 3.26. The molecule has 128 valence electrons. The van der Waals surface area contributed by atoms with Crippen molar-refractivity contribution >= 4 is 18.5 Å². The van der Waals surface area contributed by atoms with E-state index in [9.17, 15) is 4.79 Å². The Bertz CT molecular complexity index is 596. The number of rotatable bonds is 9. The van der Waals surface area contributed by atoms with E-state index < -0.39 is 12.0 Å². The fraction of sp³-hybridized carbons (Fsp3) is 0.375. The molecule has 0 amide bonds. The summed E-state index contributed by atoms with van der Waals surface area (Å²) in [6.45, 7) is 3.91. The molecule has 0 radical (unpaired) electrons. The van der Waals surface area contributed by atoms with Gasteiger partial charge in [0.2, 0.25) is 0 Å². The number of hydrazone groups is 2. The van der Waals surface area contributed by atoms with Crippen LogP contribution in [0.2, 0.25) is 0 Å². The Labute approximate surface area is 141 Å². The molecular formula is C16H22N6O2. The van der Waals surface area contributed by atoms with E-state index in [4.69, 9.17) is 21.6 Å². The molecule has 0 heterocycles. The Kier molecular flexibility index (Phi) is 8.57. The van der Waals surface area contributed by atoms with Crippen LogP contribution >= 0.6 is 0 Å². The molecular weight excluding hydrogens is 308 g/mol. The van der Waals surface area contributed by atoms with Gasteiger partial charge in [-0.1, -0.05) is 30.3 Å². The van der Waals surface area contributed by atoms with E-state index in [2.05, 4.69) is 16.9 Å². The highest BCUT2D eigenvalue weighted by Gasteiger charge is 2.18. The fourth-order valence-electron chi connectivity index (χ4n) is 1.94. The zero-order valence-electron chi connectivity index (χ0n) is 13.5. The van der Waals surface area contributed by atoms with Gasteiger partial charge in [-0.05, 0) is 12.0 Å². The molecule has 24 heavy (non-hydrogen) atoms. The Morgan fingerprint density at radius 2 is 2.12 bits per heavy atom. The van der Waals surface area contributed by atoms with Crippen LogP contribution in [0.5, 0.6) is 0 Å². The molecule has 1 aromatic rings. The van der Waals surface area contributed by atoms with Gasteiger partial charge in [0.1, 0.15) is 18.5 Å². The maximum atomic E-state index is 11.9. The van der Waals surface area contributed by atoms with Crippen molar-refractivity contribution in [3.8, 4) is 6.07 Å². The molecule has 8 heteroatoms. The predicted octanol–water partition coefficient (Wildman–Crippen LogP) is 0.941. The van der Waals surface area contributed by atoms with Gasteiger partial charge in [-0.3, -0.25) is 4.79 Å². The number of hydrogen-bond acceptors (Lipinski definition) is 7. The van der Waals surface area contributed by atoms with E-state index >= 15 is 0 Å². The number of nitrogens with zero attached hydrogens (tertiary/aromatic N) is 4. The lowest BCUT2D eigenvalue weighted by atomic mass is 10.1. The number of benzene rings is 1. The van der Waals surface area contributed by atoms with E-state index in [1.54, 1.807) is 0 Å². The van der Waals surface area contributed by atoms with Gasteiger partial charge in [-0.25, -0.2) is 5.01 Å². The molecule has 0 aliphatic rings. The lowest BCUT2D eigenvalue weighted by molar-refractivity contribution is -0.146. The number of carbonyl (C=O) groups excluding carboxylic acids is 1. The molecule has 1 aromatic carbocycles. The Morgan fingerprint density at radius 3 is 2.71 bits per heavy atom. The van der Waals surface area contributed by atoms with Crippen LogP contribution < -0.4 is 11.6 Å². The third kappa shape index (κ3) is 6.46. The average molecular weight is 330 g/mol. The summed E-state index contributed by atoms with van der Waals surface area (Å²) in [6.07, 6.45) is 0.869. The first-order valence-corrected chi connectivity index (χ1v) is 7.46. The molecule has 8 nitrogen and oxygen atoms in total. The molecule has 0 aliphatic heterocycles. The zero-order chi connectivity index (χ0) is 17.8. The molecule has 0 aromatic heterocycles. The van der Waals surface area contributed by atoms with Gasteiger partial charge in [-0.15, -0.1) is 0 Å². The van der Waals surface area contributed by atoms with E-state index in [0.29, 0.717) is 25.2 Å². The number of carbonyl (C=O) groups is 1. The zero-order valence-corrected chi connectivity index (χ0v) is 13.5. The SMILES string of the molecule is C=NN(CCC#N)/C(CCC(N)C(=O)OCc1ccccc1)=N\N. The summed E-state index contributed by atoms with van der Waals surface area (Å²) in [5.74, 6) is 5.25. The van der Waals surface area contributed by atoms with Crippen molar-refractivity contribution in [3.63, 3.8) is 0 Å². The van der Waals surface area contributed by atoms with Gasteiger partial charge in [0.25, 0.3) is 0 Å². The van der Waals surface area contributed by atoms with E-state index in [1.807, 2.05) is 36.4 Å². The molecule has 0 saturated carbocycles. The van der Waals surface area contributed by atoms with Gasteiger partial charge in [0, 0.05) is 13.1 Å². The predicted molar refractivity (Wildman–Crippen MR) is 91.6 cm³/mol. The summed E-state index contributed by atoms with van der Waals surface area (Å²) < 4.78 is 5.18. The lowest BCUT2D eigenvalue weighted by Gasteiger charge is -2.19. The number of hydrogen-bond donors (Lipinski definition) is 2. The minimum atomic E-state index is -0.798. The molecule has 1 atom stereocenters. The van der Waals surface area contributed by atoms with Crippen LogP contribution in [0.1, 0.15) is 24.8 Å². The maximum absolute atomic E-state index is 11.9. The second-order valence-electron chi connectivity index (χ2n) is 4.96. The summed E-state index contributed by atoms with van der Waals surface area (Å²) in [5.41, 5.74) is 6.73. The highest BCUT2D eigenvalue weighted by atomic mass is 16.5. The van der Waals surface area contributed by atoms with Gasteiger partial charge >= 0.3 is 5.97 Å². The van der Waals surface area contributed by atoms with Crippen LogP contribution in [0.4, 0.5) is 0 Å². The quantitative estimate of drug-likeness (QED) is 0.228. The molecule has 0 spiro atoms. The molecule has 1 unspecified atom stereocenters. The van der Waals surface area contributed by atoms with Crippen LogP contribution in [-0.4, -0.2) is 36.1 Å². The Morgan fingerprint density at radius 1 is 1.42 bits per heavy atom. The standard InChI is InChI=1S/C16H22N6O2/c1-20-22(11-5-10-17)15(21-19)9-8-14(18)16(23)24-12-13-6-3-2-4-7-13/h2-4,6-7,14H,1,5,8-9,11-12,18-19H2/b21-15-. The maximum Gasteiger partial charge on any atom is 0.323 e. The molecule has 0 aliphatic carbocycles. The van der Waals surface area contributed by atoms with Gasteiger partial charge in [-0.2, -0.15) is 15.5 Å². The number of esters is 1. The lowest BCUT2D eigenvalue weighted by Crippen LogP contribution is -2.35. The number of ether oxygens (including phenoxy) is 1. The van der Waals surface area contributed by atoms with E-state index in [-0.39, 0.29) is 13.0 Å². The highest BCUT2D eigenvalue weighted by molar-refractivity contribution is 5.83. The molecule has 0 fully saturated rings. The summed E-state index contributed by atoms with van der Waals surface area (Å²) in [4.78, 5) is 11.9. The average Bonchev–Trinajstić information content (AvgIpc) is 2.63. The van der Waals surface area contributed by atoms with E-state index in [0.717, 1.165) is 5.56 Å². The summed E-state index contributed by atoms with van der Waals surface area (Å²) in [7, 11) is 0. The van der Waals surface area contributed by atoms with Crippen LogP contribution in [0.3, 0.4) is 0 Å². The van der Waals surface area contributed by atoms with Crippen molar-refractivity contribution in [2.45, 2.75) is 31.9 Å². The molecule has 1 rings (SSSR count). The van der Waals surface area contributed by atoms with Gasteiger partial charge in [0.15, 0.2) is 0 Å². The smallest absolute Gasteiger partial charge is 0.323 e. The van der Waals surface area contributed by atoms with Crippen LogP contribution in [-0.2, 0) is 16.1 Å². The van der Waals surface area contributed by atoms with Crippen molar-refractivity contribution in [1.82, 2.24) is 5.01 Å². The van der Waals surface area contributed by atoms with Crippen LogP contribution in [0, 0.1) is 11.3 Å². The van der Waals surface area contributed by atoms with Gasteiger partial charge in [0.05, 0.1) is 19.0 Å². The Hall–Kier alpha value is -2.92. The van der Waals surface area contributed by atoms with Crippen molar-refractivity contribution < 1.29 is 9.53 Å². The first kappa shape index (κ1) is 19.1. The monoisotopic (exact) mass is 330 g/mol. The van der Waals surface area contributed by atoms with Crippen LogP contribution in [0.15, 0.2) is 40.5 Å². The largest absolute Gasteiger partial charge is 0.460 e. The summed E-state index contributed by atoms with van der Waals surface area (Å²) >= 11 is 0. The third-order valence-electron chi connectivity index (χ3n) is 3.26. The highest BCUT2D eigenvalue weighted by Crippen LogP contribution is 2.07. The minimum absolute atomic E-state index is 0.174. The molecule has 4 N–H and O–H groups in total. The number of nitrogens with two attached hydrogens (primary N) is 2. The van der Waals surface area contributed by atoms with E-state index in [1.165, 1.54) is 5.01 Å². The number of amidine groups is 1. The van der Waals surface area contributed by atoms with Crippen molar-refractivity contribution in [2.24, 2.45) is 21.8 Å². The fourth-order valence-corrected chi connectivity index (χ4v) is 1.94. The Balaban J connectivity index is 2.45. The molecule has 0 saturated heterocycles. The van der Waals surface area contributed by atoms with Gasteiger partial charge < -0.3 is 16.3 Å². The van der Waals surface area contributed by atoms with Crippen molar-refractivity contribution in [3.05, 3.63) is 35.9 Å². The number of nitriles is 1. The first-order chi connectivity index (χ1) is 11.6. The van der Waals surface area contributed by atoms with Crippen molar-refractivity contribution in [2.75, 3.05) is 6.54 Å². The summed E-state index contributed by atoms with van der Waals surface area (Å²) in [6, 6.07) is 10.5. The second-order valence-corrected chi connectivity index (χ2v) is 4.96. The normalized spacial score (nSPS) is 12.1. The first-order valence-electron chi connectivity index (χ1n) is 7.46. The second kappa shape index (κ2) is 10.7. The topological polar surface area (TPSA) is 130 Å². The van der Waals surface area contributed by atoms with Crippen molar-refractivity contribution in [1.29, 1.82) is 5.26 Å². The minimum Gasteiger partial charge on any atom is -0.460 e. The summed E-state index contributed by atoms with van der Waals surface area (Å²) in [5, 5.41) is 17.4.